The third kappa shape index (κ3) is 3.32. The molecule has 0 aliphatic rings. The zero-order chi connectivity index (χ0) is 17.1. The number of nitrogens with zero attached hydrogens (tertiary/aromatic N) is 3. The summed E-state index contributed by atoms with van der Waals surface area (Å²) < 4.78 is 1.46. The van der Waals surface area contributed by atoms with E-state index in [1.807, 2.05) is 32.0 Å². The molecule has 1 N–H and O–H groups in total. The largest absolute Gasteiger partial charge is 0.311 e. The maximum Gasteiger partial charge on any atom is 0.261 e. The van der Waals surface area contributed by atoms with Gasteiger partial charge in [0, 0.05) is 19.2 Å². The van der Waals surface area contributed by atoms with Gasteiger partial charge in [-0.15, -0.1) is 0 Å². The quantitative estimate of drug-likeness (QED) is 0.800. The number of hydrogen-bond acceptors (Lipinski definition) is 4. The first kappa shape index (κ1) is 15.9. The molecule has 3 rings (SSSR count). The van der Waals surface area contributed by atoms with Gasteiger partial charge in [0.2, 0.25) is 5.91 Å². The van der Waals surface area contributed by atoms with Crippen molar-refractivity contribution in [1.82, 2.24) is 14.5 Å². The molecule has 0 unspecified atom stereocenters. The fraction of sp³-hybridized carbons (Fsp3) is 0.222. The molecule has 6 heteroatoms. The van der Waals surface area contributed by atoms with Crippen LogP contribution < -0.4 is 10.9 Å². The molecule has 0 bridgehead atoms. The minimum atomic E-state index is -0.190. The van der Waals surface area contributed by atoms with E-state index in [4.69, 9.17) is 0 Å². The van der Waals surface area contributed by atoms with E-state index in [9.17, 15) is 9.59 Å². The standard InChI is InChI=1S/C18H18N4O2/c1-12-6-8-19-15(10-12)21-16(23)7-9-22-11-20-17-13(2)4-3-5-14(17)18(22)24/h3-6,8,10-11H,7,9H2,1-2H3,(H,19,21,23). The highest BCUT2D eigenvalue weighted by atomic mass is 16.2. The van der Waals surface area contributed by atoms with Crippen LogP contribution in [0.15, 0.2) is 47.7 Å². The summed E-state index contributed by atoms with van der Waals surface area (Å²) in [6, 6.07) is 9.16. The van der Waals surface area contributed by atoms with Gasteiger partial charge in [-0.3, -0.25) is 14.2 Å². The molecule has 3 aromatic rings. The molecule has 2 aromatic heterocycles. The van der Waals surface area contributed by atoms with Crippen molar-refractivity contribution >= 4 is 22.6 Å². The van der Waals surface area contributed by atoms with Gasteiger partial charge in [0.15, 0.2) is 0 Å². The Bertz CT molecular complexity index is 963. The normalized spacial score (nSPS) is 10.8. The monoisotopic (exact) mass is 322 g/mol. The topological polar surface area (TPSA) is 76.9 Å². The minimum absolute atomic E-state index is 0.134. The Morgan fingerprint density at radius 2 is 2.04 bits per heavy atom. The van der Waals surface area contributed by atoms with Crippen LogP contribution in [0.2, 0.25) is 0 Å². The number of hydrogen-bond donors (Lipinski definition) is 1. The second-order valence-corrected chi connectivity index (χ2v) is 5.73. The van der Waals surface area contributed by atoms with Crippen LogP contribution in [0.25, 0.3) is 10.9 Å². The molecule has 0 aliphatic carbocycles. The van der Waals surface area contributed by atoms with Gasteiger partial charge in [-0.25, -0.2) is 9.97 Å². The number of amides is 1. The Labute approximate surface area is 139 Å². The van der Waals surface area contributed by atoms with Crippen LogP contribution in [0, 0.1) is 13.8 Å². The van der Waals surface area contributed by atoms with E-state index in [0.29, 0.717) is 16.7 Å². The van der Waals surface area contributed by atoms with E-state index in [2.05, 4.69) is 15.3 Å². The molecule has 0 aliphatic heterocycles. The van der Waals surface area contributed by atoms with Crippen LogP contribution >= 0.6 is 0 Å². The summed E-state index contributed by atoms with van der Waals surface area (Å²) >= 11 is 0. The SMILES string of the molecule is Cc1ccnc(NC(=O)CCn2cnc3c(C)cccc3c2=O)c1. The number of rotatable bonds is 4. The first-order chi connectivity index (χ1) is 11.5. The lowest BCUT2D eigenvalue weighted by Crippen LogP contribution is -2.24. The Morgan fingerprint density at radius 1 is 1.21 bits per heavy atom. The third-order valence-corrected chi connectivity index (χ3v) is 3.82. The first-order valence-corrected chi connectivity index (χ1v) is 7.72. The van der Waals surface area contributed by atoms with Gasteiger partial charge in [-0.05, 0) is 43.2 Å². The molecule has 24 heavy (non-hydrogen) atoms. The van der Waals surface area contributed by atoms with E-state index >= 15 is 0 Å². The lowest BCUT2D eigenvalue weighted by molar-refractivity contribution is -0.116. The van der Waals surface area contributed by atoms with Crippen molar-refractivity contribution in [3.8, 4) is 0 Å². The van der Waals surface area contributed by atoms with Gasteiger partial charge in [-0.1, -0.05) is 12.1 Å². The number of para-hydroxylation sites is 1. The third-order valence-electron chi connectivity index (χ3n) is 3.82. The minimum Gasteiger partial charge on any atom is -0.311 e. The van der Waals surface area contributed by atoms with E-state index < -0.39 is 0 Å². The Morgan fingerprint density at radius 3 is 2.83 bits per heavy atom. The summed E-state index contributed by atoms with van der Waals surface area (Å²) in [5.41, 5.74) is 2.54. The number of benzene rings is 1. The molecule has 122 valence electrons. The van der Waals surface area contributed by atoms with Gasteiger partial charge >= 0.3 is 0 Å². The summed E-state index contributed by atoms with van der Waals surface area (Å²) in [6.07, 6.45) is 3.31. The van der Waals surface area contributed by atoms with E-state index in [1.54, 1.807) is 18.3 Å². The first-order valence-electron chi connectivity index (χ1n) is 7.72. The van der Waals surface area contributed by atoms with Crippen LogP contribution in [0.1, 0.15) is 17.5 Å². The molecule has 6 nitrogen and oxygen atoms in total. The Balaban J connectivity index is 1.73. The van der Waals surface area contributed by atoms with Crippen LogP contribution in [0.4, 0.5) is 5.82 Å². The average molecular weight is 322 g/mol. The molecule has 0 fully saturated rings. The maximum absolute atomic E-state index is 12.5. The molecule has 2 heterocycles. The van der Waals surface area contributed by atoms with Crippen molar-refractivity contribution in [3.05, 3.63) is 64.3 Å². The predicted molar refractivity (Wildman–Crippen MR) is 93.0 cm³/mol. The van der Waals surface area contributed by atoms with Gasteiger partial charge in [0.05, 0.1) is 17.2 Å². The van der Waals surface area contributed by atoms with Crippen molar-refractivity contribution < 1.29 is 4.79 Å². The number of pyridine rings is 1. The van der Waals surface area contributed by atoms with Gasteiger partial charge in [0.25, 0.3) is 5.56 Å². The zero-order valence-corrected chi connectivity index (χ0v) is 13.6. The number of carbonyl (C=O) groups is 1. The van der Waals surface area contributed by atoms with Crippen LogP contribution in [-0.2, 0) is 11.3 Å². The van der Waals surface area contributed by atoms with Crippen molar-refractivity contribution in [2.75, 3.05) is 5.32 Å². The molecule has 0 radical (unpaired) electrons. The van der Waals surface area contributed by atoms with Gasteiger partial charge < -0.3 is 5.32 Å². The van der Waals surface area contributed by atoms with Crippen LogP contribution in [0.3, 0.4) is 0 Å². The molecule has 0 saturated carbocycles. The zero-order valence-electron chi connectivity index (χ0n) is 13.6. The fourth-order valence-electron chi connectivity index (χ4n) is 2.53. The predicted octanol–water partition coefficient (Wildman–Crippen LogP) is 2.44. The van der Waals surface area contributed by atoms with Crippen molar-refractivity contribution in [2.45, 2.75) is 26.8 Å². The van der Waals surface area contributed by atoms with Crippen LogP contribution in [-0.4, -0.2) is 20.4 Å². The molecule has 1 aromatic carbocycles. The highest BCUT2D eigenvalue weighted by Crippen LogP contribution is 2.11. The van der Waals surface area contributed by atoms with Gasteiger partial charge in [-0.2, -0.15) is 0 Å². The number of fused-ring (bicyclic) bond motifs is 1. The smallest absolute Gasteiger partial charge is 0.261 e. The lowest BCUT2D eigenvalue weighted by atomic mass is 10.1. The number of nitrogens with one attached hydrogen (secondary N) is 1. The summed E-state index contributed by atoms with van der Waals surface area (Å²) in [4.78, 5) is 32.9. The van der Waals surface area contributed by atoms with Gasteiger partial charge in [0.1, 0.15) is 5.82 Å². The summed E-state index contributed by atoms with van der Waals surface area (Å²) in [5.74, 6) is 0.323. The molecular weight excluding hydrogens is 304 g/mol. The Kier molecular flexibility index (Phi) is 4.37. The summed E-state index contributed by atoms with van der Waals surface area (Å²) in [7, 11) is 0. The second-order valence-electron chi connectivity index (χ2n) is 5.73. The average Bonchev–Trinajstić information content (AvgIpc) is 2.55. The Hall–Kier alpha value is -3.02. The van der Waals surface area contributed by atoms with E-state index in [1.165, 1.54) is 10.9 Å². The number of aromatic nitrogens is 3. The number of aryl methyl sites for hydroxylation is 3. The fourth-order valence-corrected chi connectivity index (χ4v) is 2.53. The molecule has 0 spiro atoms. The molecular formula is C18H18N4O2. The lowest BCUT2D eigenvalue weighted by Gasteiger charge is -2.08. The molecule has 0 saturated heterocycles. The van der Waals surface area contributed by atoms with Crippen molar-refractivity contribution in [1.29, 1.82) is 0 Å². The maximum atomic E-state index is 12.5. The van der Waals surface area contributed by atoms with Crippen molar-refractivity contribution in [2.24, 2.45) is 0 Å². The summed E-state index contributed by atoms with van der Waals surface area (Å²) in [5, 5.41) is 3.30. The van der Waals surface area contributed by atoms with Crippen molar-refractivity contribution in [3.63, 3.8) is 0 Å². The van der Waals surface area contributed by atoms with E-state index in [-0.39, 0.29) is 24.4 Å². The van der Waals surface area contributed by atoms with Crippen LogP contribution in [0.5, 0.6) is 0 Å². The number of anilines is 1. The highest BCUT2D eigenvalue weighted by Gasteiger charge is 2.08. The molecule has 0 atom stereocenters. The van der Waals surface area contributed by atoms with E-state index in [0.717, 1.165) is 11.1 Å². The molecule has 1 amide bonds. The second kappa shape index (κ2) is 6.62. The number of carbonyl (C=O) groups excluding carboxylic acids is 1. The highest BCUT2D eigenvalue weighted by molar-refractivity contribution is 5.89. The summed E-state index contributed by atoms with van der Waals surface area (Å²) in [6.45, 7) is 4.12.